The van der Waals surface area contributed by atoms with Gasteiger partial charge in [-0.05, 0) is 30.7 Å². The van der Waals surface area contributed by atoms with Crippen molar-refractivity contribution in [1.29, 1.82) is 0 Å². The van der Waals surface area contributed by atoms with Crippen molar-refractivity contribution in [3.05, 3.63) is 35.6 Å². The van der Waals surface area contributed by atoms with Gasteiger partial charge in [0.1, 0.15) is 5.82 Å². The van der Waals surface area contributed by atoms with Crippen LogP contribution in [0.2, 0.25) is 0 Å². The molecule has 2 aliphatic rings. The molecule has 0 bridgehead atoms. The number of rotatable bonds is 4. The van der Waals surface area contributed by atoms with E-state index in [0.29, 0.717) is 30.5 Å². The lowest BCUT2D eigenvalue weighted by Crippen LogP contribution is -2.39. The molecule has 1 saturated heterocycles. The van der Waals surface area contributed by atoms with E-state index < -0.39 is 0 Å². The second-order valence-corrected chi connectivity index (χ2v) is 7.05. The number of halogens is 1. The van der Waals surface area contributed by atoms with Crippen molar-refractivity contribution >= 4 is 5.91 Å². The summed E-state index contributed by atoms with van der Waals surface area (Å²) in [5.74, 6) is 0.961. The second kappa shape index (κ2) is 6.97. The van der Waals surface area contributed by atoms with Gasteiger partial charge >= 0.3 is 0 Å². The summed E-state index contributed by atoms with van der Waals surface area (Å²) in [6.07, 6.45) is 3.54. The average Bonchev–Trinajstić information content (AvgIpc) is 2.93. The van der Waals surface area contributed by atoms with E-state index in [0.717, 1.165) is 19.5 Å². The van der Waals surface area contributed by atoms with Gasteiger partial charge in [0.2, 0.25) is 5.91 Å². The molecule has 0 spiro atoms. The molecule has 0 aromatic heterocycles. The molecule has 3 atom stereocenters. The summed E-state index contributed by atoms with van der Waals surface area (Å²) in [5, 5.41) is 0. The highest BCUT2D eigenvalue weighted by Gasteiger charge is 2.39. The first-order valence-electron chi connectivity index (χ1n) is 8.50. The highest BCUT2D eigenvalue weighted by molar-refractivity contribution is 5.78. The Morgan fingerprint density at radius 1 is 1.35 bits per heavy atom. The Morgan fingerprint density at radius 2 is 2.13 bits per heavy atom. The fourth-order valence-corrected chi connectivity index (χ4v) is 4.02. The van der Waals surface area contributed by atoms with Gasteiger partial charge in [0.05, 0.1) is 6.54 Å². The van der Waals surface area contributed by atoms with Crippen LogP contribution in [-0.4, -0.2) is 48.4 Å². The molecule has 1 amide bonds. The van der Waals surface area contributed by atoms with Gasteiger partial charge in [-0.1, -0.05) is 24.6 Å². The maximum Gasteiger partial charge on any atom is 0.236 e. The lowest BCUT2D eigenvalue weighted by atomic mass is 9.78. The van der Waals surface area contributed by atoms with Crippen molar-refractivity contribution in [3.8, 4) is 0 Å². The van der Waals surface area contributed by atoms with E-state index in [1.54, 1.807) is 30.1 Å². The zero-order valence-corrected chi connectivity index (χ0v) is 13.7. The Balaban J connectivity index is 1.54. The number of benzene rings is 1. The SMILES string of the molecule is CN(Cc1ccccc1F)C(=O)CN1CC2CCCC(N)C2C1. The Hall–Kier alpha value is -1.46. The van der Waals surface area contributed by atoms with Crippen molar-refractivity contribution in [3.63, 3.8) is 0 Å². The van der Waals surface area contributed by atoms with Crippen LogP contribution in [0, 0.1) is 17.7 Å². The third kappa shape index (κ3) is 3.72. The summed E-state index contributed by atoms with van der Waals surface area (Å²) in [6.45, 7) is 2.61. The molecule has 2 fully saturated rings. The van der Waals surface area contributed by atoms with Crippen LogP contribution in [0.1, 0.15) is 24.8 Å². The number of fused-ring (bicyclic) bond motifs is 1. The van der Waals surface area contributed by atoms with Crippen molar-refractivity contribution in [1.82, 2.24) is 9.80 Å². The van der Waals surface area contributed by atoms with Crippen molar-refractivity contribution in [2.75, 3.05) is 26.7 Å². The van der Waals surface area contributed by atoms with Gasteiger partial charge < -0.3 is 10.6 Å². The third-order valence-corrected chi connectivity index (χ3v) is 5.38. The maximum absolute atomic E-state index is 13.7. The molecule has 1 aliphatic heterocycles. The van der Waals surface area contributed by atoms with Gasteiger partial charge in [-0.3, -0.25) is 9.69 Å². The van der Waals surface area contributed by atoms with Crippen molar-refractivity contribution in [2.24, 2.45) is 17.6 Å². The lowest BCUT2D eigenvalue weighted by molar-refractivity contribution is -0.131. The number of hydrogen-bond acceptors (Lipinski definition) is 3. The molecule has 1 heterocycles. The Morgan fingerprint density at radius 3 is 2.87 bits per heavy atom. The summed E-state index contributed by atoms with van der Waals surface area (Å²) in [7, 11) is 1.74. The molecular formula is C18H26FN3O. The summed E-state index contributed by atoms with van der Waals surface area (Å²) in [4.78, 5) is 16.3. The van der Waals surface area contributed by atoms with Gasteiger partial charge in [-0.2, -0.15) is 0 Å². The lowest BCUT2D eigenvalue weighted by Gasteiger charge is -2.29. The molecule has 3 unspecified atom stereocenters. The first-order chi connectivity index (χ1) is 11.0. The van der Waals surface area contributed by atoms with E-state index >= 15 is 0 Å². The van der Waals surface area contributed by atoms with Gasteiger partial charge in [-0.15, -0.1) is 0 Å². The number of carbonyl (C=O) groups is 1. The molecule has 2 N–H and O–H groups in total. The van der Waals surface area contributed by atoms with Crippen LogP contribution in [-0.2, 0) is 11.3 Å². The van der Waals surface area contributed by atoms with Crippen LogP contribution < -0.4 is 5.73 Å². The monoisotopic (exact) mass is 319 g/mol. The zero-order chi connectivity index (χ0) is 16.4. The van der Waals surface area contributed by atoms with Gasteiger partial charge in [-0.25, -0.2) is 4.39 Å². The number of nitrogens with zero attached hydrogens (tertiary/aromatic N) is 2. The van der Waals surface area contributed by atoms with Gasteiger partial charge in [0.25, 0.3) is 0 Å². The topological polar surface area (TPSA) is 49.6 Å². The Kier molecular flexibility index (Phi) is 4.97. The number of nitrogens with two attached hydrogens (primary N) is 1. The van der Waals surface area contributed by atoms with E-state index in [9.17, 15) is 9.18 Å². The molecule has 1 aromatic carbocycles. The molecular weight excluding hydrogens is 293 g/mol. The Bertz CT molecular complexity index is 565. The minimum absolute atomic E-state index is 0.0421. The molecule has 126 valence electrons. The number of likely N-dealkylation sites (tertiary alicyclic amines) is 1. The predicted octanol–water partition coefficient (Wildman–Crippen LogP) is 1.84. The number of carbonyl (C=O) groups excluding carboxylic acids is 1. The second-order valence-electron chi connectivity index (χ2n) is 7.05. The van der Waals surface area contributed by atoms with Gasteiger partial charge in [0.15, 0.2) is 0 Å². The number of amides is 1. The predicted molar refractivity (Wildman–Crippen MR) is 88.1 cm³/mol. The quantitative estimate of drug-likeness (QED) is 0.921. The Labute approximate surface area is 137 Å². The highest BCUT2D eigenvalue weighted by Crippen LogP contribution is 2.35. The molecule has 5 heteroatoms. The summed E-state index contributed by atoms with van der Waals surface area (Å²) in [6, 6.07) is 6.90. The minimum Gasteiger partial charge on any atom is -0.340 e. The van der Waals surface area contributed by atoms with E-state index in [1.165, 1.54) is 18.9 Å². The molecule has 1 saturated carbocycles. The van der Waals surface area contributed by atoms with Crippen molar-refractivity contribution < 1.29 is 9.18 Å². The standard InChI is InChI=1S/C18H26FN3O/c1-21(9-14-5-2-3-7-16(14)19)18(23)12-22-10-13-6-4-8-17(20)15(13)11-22/h2-3,5,7,13,15,17H,4,6,8-12,20H2,1H3. The first-order valence-corrected chi connectivity index (χ1v) is 8.50. The minimum atomic E-state index is -0.259. The number of hydrogen-bond donors (Lipinski definition) is 1. The molecule has 23 heavy (non-hydrogen) atoms. The summed E-state index contributed by atoms with van der Waals surface area (Å²) < 4.78 is 13.7. The maximum atomic E-state index is 13.7. The highest BCUT2D eigenvalue weighted by atomic mass is 19.1. The van der Waals surface area contributed by atoms with Crippen LogP contribution in [0.15, 0.2) is 24.3 Å². The molecule has 4 nitrogen and oxygen atoms in total. The largest absolute Gasteiger partial charge is 0.340 e. The van der Waals surface area contributed by atoms with E-state index in [4.69, 9.17) is 5.73 Å². The number of likely N-dealkylation sites (N-methyl/N-ethyl adjacent to an activating group) is 1. The zero-order valence-electron chi connectivity index (χ0n) is 13.7. The van der Waals surface area contributed by atoms with E-state index in [-0.39, 0.29) is 17.8 Å². The third-order valence-electron chi connectivity index (χ3n) is 5.38. The van der Waals surface area contributed by atoms with Crippen LogP contribution in [0.25, 0.3) is 0 Å². The van der Waals surface area contributed by atoms with Crippen LogP contribution >= 0.6 is 0 Å². The summed E-state index contributed by atoms with van der Waals surface area (Å²) in [5.41, 5.74) is 6.78. The molecule has 1 aliphatic carbocycles. The summed E-state index contributed by atoms with van der Waals surface area (Å²) >= 11 is 0. The van der Waals surface area contributed by atoms with E-state index in [1.807, 2.05) is 0 Å². The normalized spacial score (nSPS) is 27.7. The molecule has 0 radical (unpaired) electrons. The fraction of sp³-hybridized carbons (Fsp3) is 0.611. The van der Waals surface area contributed by atoms with Crippen LogP contribution in [0.4, 0.5) is 4.39 Å². The van der Waals surface area contributed by atoms with Crippen LogP contribution in [0.3, 0.4) is 0 Å². The smallest absolute Gasteiger partial charge is 0.236 e. The average molecular weight is 319 g/mol. The first kappa shape index (κ1) is 16.4. The van der Waals surface area contributed by atoms with E-state index in [2.05, 4.69) is 4.90 Å². The molecule has 3 rings (SSSR count). The van der Waals surface area contributed by atoms with Crippen molar-refractivity contribution in [2.45, 2.75) is 31.8 Å². The molecule has 1 aromatic rings. The van der Waals surface area contributed by atoms with Crippen LogP contribution in [0.5, 0.6) is 0 Å². The van der Waals surface area contributed by atoms with Gasteiger partial charge in [0, 0.05) is 38.3 Å². The fourth-order valence-electron chi connectivity index (χ4n) is 4.02.